The number of aliphatic hydroxyl groups is 1. The summed E-state index contributed by atoms with van der Waals surface area (Å²) in [6.07, 6.45) is 3.33. The van der Waals surface area contributed by atoms with Crippen LogP contribution >= 0.6 is 0 Å². The molecule has 1 aliphatic heterocycles. The molecule has 0 saturated carbocycles. The minimum atomic E-state index is -0.220. The van der Waals surface area contributed by atoms with E-state index >= 15 is 0 Å². The van der Waals surface area contributed by atoms with Gasteiger partial charge in [-0.2, -0.15) is 0 Å². The van der Waals surface area contributed by atoms with Gasteiger partial charge in [-0.3, -0.25) is 9.69 Å². The molecular formula is C20H26N2O4. The monoisotopic (exact) mass is 358 g/mol. The third-order valence-electron chi connectivity index (χ3n) is 4.85. The molecule has 1 amide bonds. The van der Waals surface area contributed by atoms with Gasteiger partial charge in [0.15, 0.2) is 5.76 Å². The second kappa shape index (κ2) is 8.87. The molecule has 2 heterocycles. The summed E-state index contributed by atoms with van der Waals surface area (Å²) in [4.78, 5) is 14.5. The van der Waals surface area contributed by atoms with E-state index in [0.29, 0.717) is 18.1 Å². The average molecular weight is 358 g/mol. The van der Waals surface area contributed by atoms with E-state index in [1.54, 1.807) is 19.2 Å². The highest BCUT2D eigenvalue weighted by molar-refractivity contribution is 5.92. The summed E-state index contributed by atoms with van der Waals surface area (Å²) in [6, 6.07) is 11.2. The van der Waals surface area contributed by atoms with Crippen molar-refractivity contribution in [3.8, 4) is 17.1 Å². The first-order valence-electron chi connectivity index (χ1n) is 9.08. The molecule has 0 spiro atoms. The number of amides is 1. The van der Waals surface area contributed by atoms with Crippen molar-refractivity contribution in [2.45, 2.75) is 25.3 Å². The van der Waals surface area contributed by atoms with E-state index in [4.69, 9.17) is 9.15 Å². The molecule has 26 heavy (non-hydrogen) atoms. The van der Waals surface area contributed by atoms with Crippen molar-refractivity contribution < 1.29 is 19.1 Å². The molecule has 1 aliphatic rings. The van der Waals surface area contributed by atoms with Crippen molar-refractivity contribution in [2.24, 2.45) is 0 Å². The Morgan fingerprint density at radius 3 is 2.81 bits per heavy atom. The fourth-order valence-corrected chi connectivity index (χ4v) is 3.33. The van der Waals surface area contributed by atoms with Crippen LogP contribution < -0.4 is 10.1 Å². The summed E-state index contributed by atoms with van der Waals surface area (Å²) < 4.78 is 10.8. The van der Waals surface area contributed by atoms with Crippen LogP contribution in [0.5, 0.6) is 5.75 Å². The van der Waals surface area contributed by atoms with Crippen LogP contribution in [0.4, 0.5) is 0 Å². The highest BCUT2D eigenvalue weighted by Crippen LogP contribution is 2.24. The van der Waals surface area contributed by atoms with Crippen LogP contribution in [0.3, 0.4) is 0 Å². The second-order valence-corrected chi connectivity index (χ2v) is 6.52. The van der Waals surface area contributed by atoms with Gasteiger partial charge in [0.2, 0.25) is 0 Å². The molecule has 1 fully saturated rings. The van der Waals surface area contributed by atoms with Gasteiger partial charge in [-0.15, -0.1) is 0 Å². The molecular weight excluding hydrogens is 332 g/mol. The van der Waals surface area contributed by atoms with Gasteiger partial charge in [-0.25, -0.2) is 0 Å². The van der Waals surface area contributed by atoms with Gasteiger partial charge in [0.1, 0.15) is 11.5 Å². The van der Waals surface area contributed by atoms with Crippen LogP contribution in [0.2, 0.25) is 0 Å². The predicted octanol–water partition coefficient (Wildman–Crippen LogP) is 2.53. The Morgan fingerprint density at radius 1 is 1.27 bits per heavy atom. The summed E-state index contributed by atoms with van der Waals surface area (Å²) in [7, 11) is 1.62. The third kappa shape index (κ3) is 4.45. The normalized spacial score (nSPS) is 17.8. The Bertz CT molecular complexity index is 711. The molecule has 0 unspecified atom stereocenters. The number of furan rings is 1. The van der Waals surface area contributed by atoms with Crippen molar-refractivity contribution in [1.82, 2.24) is 10.2 Å². The Balaban J connectivity index is 1.52. The molecule has 2 aromatic rings. The first-order chi connectivity index (χ1) is 12.7. The van der Waals surface area contributed by atoms with Crippen molar-refractivity contribution in [2.75, 3.05) is 33.4 Å². The van der Waals surface area contributed by atoms with Crippen LogP contribution in [-0.2, 0) is 0 Å². The lowest BCUT2D eigenvalue weighted by molar-refractivity contribution is 0.0836. The number of carbonyl (C=O) groups excluding carboxylic acids is 1. The number of methoxy groups -OCH3 is 1. The number of piperidine rings is 1. The average Bonchev–Trinajstić information content (AvgIpc) is 3.18. The zero-order chi connectivity index (χ0) is 18.4. The minimum absolute atomic E-state index is 0.178. The minimum Gasteiger partial charge on any atom is -0.497 e. The molecule has 1 aromatic heterocycles. The number of ether oxygens (including phenoxy) is 1. The Hall–Kier alpha value is -2.31. The summed E-state index contributed by atoms with van der Waals surface area (Å²) in [6.45, 7) is 2.43. The Kier molecular flexibility index (Phi) is 6.30. The topological polar surface area (TPSA) is 74.9 Å². The maximum absolute atomic E-state index is 12.3. The predicted molar refractivity (Wildman–Crippen MR) is 99.3 cm³/mol. The third-order valence-corrected chi connectivity index (χ3v) is 4.85. The standard InChI is InChI=1S/C20H26N2O4/c1-25-17-7-5-15(6-8-17)18-9-10-19(26-18)20(24)21-11-13-22-12-3-2-4-16(22)14-23/h5-10,16,23H,2-4,11-14H2,1H3,(H,21,24)/t16-/m0/s1. The lowest BCUT2D eigenvalue weighted by Gasteiger charge is -2.34. The second-order valence-electron chi connectivity index (χ2n) is 6.52. The fraction of sp³-hybridized carbons (Fsp3) is 0.450. The number of carbonyl (C=O) groups is 1. The zero-order valence-corrected chi connectivity index (χ0v) is 15.1. The number of likely N-dealkylation sites (tertiary alicyclic amines) is 1. The van der Waals surface area contributed by atoms with E-state index in [1.165, 1.54) is 0 Å². The van der Waals surface area contributed by atoms with Crippen LogP contribution in [-0.4, -0.2) is 55.3 Å². The van der Waals surface area contributed by atoms with Gasteiger partial charge in [-0.1, -0.05) is 6.42 Å². The number of hydrogen-bond donors (Lipinski definition) is 2. The van der Waals surface area contributed by atoms with Crippen molar-refractivity contribution >= 4 is 5.91 Å². The molecule has 140 valence electrons. The highest BCUT2D eigenvalue weighted by atomic mass is 16.5. The van der Waals surface area contributed by atoms with Gasteiger partial charge >= 0.3 is 0 Å². The highest BCUT2D eigenvalue weighted by Gasteiger charge is 2.21. The van der Waals surface area contributed by atoms with E-state index in [1.807, 2.05) is 24.3 Å². The van der Waals surface area contributed by atoms with E-state index in [2.05, 4.69) is 10.2 Å². The number of aliphatic hydroxyl groups excluding tert-OH is 1. The van der Waals surface area contributed by atoms with Gasteiger partial charge in [-0.05, 0) is 55.8 Å². The van der Waals surface area contributed by atoms with Gasteiger partial charge in [0.25, 0.3) is 5.91 Å². The van der Waals surface area contributed by atoms with Crippen LogP contribution in [0.25, 0.3) is 11.3 Å². The van der Waals surface area contributed by atoms with Gasteiger partial charge in [0, 0.05) is 24.7 Å². The lowest BCUT2D eigenvalue weighted by Crippen LogP contribution is -2.45. The molecule has 0 aliphatic carbocycles. The summed E-state index contributed by atoms with van der Waals surface area (Å²) in [5, 5.41) is 12.3. The Labute approximate surface area is 153 Å². The van der Waals surface area contributed by atoms with Crippen molar-refractivity contribution in [3.63, 3.8) is 0 Å². The molecule has 1 aromatic carbocycles. The summed E-state index contributed by atoms with van der Waals surface area (Å²) in [5.74, 6) is 1.50. The molecule has 1 atom stereocenters. The maximum Gasteiger partial charge on any atom is 0.287 e. The number of nitrogens with zero attached hydrogens (tertiary/aromatic N) is 1. The van der Waals surface area contributed by atoms with Crippen molar-refractivity contribution in [1.29, 1.82) is 0 Å². The maximum atomic E-state index is 12.3. The zero-order valence-electron chi connectivity index (χ0n) is 15.1. The smallest absolute Gasteiger partial charge is 0.287 e. The van der Waals surface area contributed by atoms with Crippen LogP contribution in [0.15, 0.2) is 40.8 Å². The van der Waals surface area contributed by atoms with Gasteiger partial charge in [0.05, 0.1) is 13.7 Å². The summed E-state index contributed by atoms with van der Waals surface area (Å²) in [5.41, 5.74) is 0.893. The van der Waals surface area contributed by atoms with E-state index in [-0.39, 0.29) is 18.6 Å². The number of benzene rings is 1. The van der Waals surface area contributed by atoms with Crippen LogP contribution in [0, 0.1) is 0 Å². The SMILES string of the molecule is COc1ccc(-c2ccc(C(=O)NCCN3CCCC[C@H]3CO)o2)cc1. The molecule has 0 bridgehead atoms. The van der Waals surface area contributed by atoms with E-state index < -0.39 is 0 Å². The molecule has 3 rings (SSSR count). The van der Waals surface area contributed by atoms with E-state index in [9.17, 15) is 9.90 Å². The van der Waals surface area contributed by atoms with Crippen molar-refractivity contribution in [3.05, 3.63) is 42.2 Å². The lowest BCUT2D eigenvalue weighted by atomic mass is 10.0. The van der Waals surface area contributed by atoms with Gasteiger partial charge < -0.3 is 19.6 Å². The fourth-order valence-electron chi connectivity index (χ4n) is 3.33. The first kappa shape index (κ1) is 18.5. The molecule has 6 heteroatoms. The summed E-state index contributed by atoms with van der Waals surface area (Å²) >= 11 is 0. The molecule has 2 N–H and O–H groups in total. The molecule has 0 radical (unpaired) electrons. The Morgan fingerprint density at radius 2 is 2.08 bits per heavy atom. The number of hydrogen-bond acceptors (Lipinski definition) is 5. The molecule has 1 saturated heterocycles. The number of rotatable bonds is 7. The van der Waals surface area contributed by atoms with Crippen LogP contribution in [0.1, 0.15) is 29.8 Å². The molecule has 6 nitrogen and oxygen atoms in total. The first-order valence-corrected chi connectivity index (χ1v) is 9.08. The number of nitrogens with one attached hydrogen (secondary N) is 1. The largest absolute Gasteiger partial charge is 0.497 e. The quantitative estimate of drug-likeness (QED) is 0.796. The van der Waals surface area contributed by atoms with E-state index in [0.717, 1.165) is 43.7 Å².